The minimum absolute atomic E-state index is 0.0698. The number of halogens is 1. The quantitative estimate of drug-likeness (QED) is 0.464. The van der Waals surface area contributed by atoms with Gasteiger partial charge in [-0.2, -0.15) is 8.42 Å². The highest BCUT2D eigenvalue weighted by atomic mass is 35.5. The number of piperidine rings is 1. The molecular formula is C14H21ClN4O5S. The zero-order chi connectivity index (χ0) is 18.8. The van der Waals surface area contributed by atoms with E-state index in [0.717, 1.165) is 6.20 Å². The van der Waals surface area contributed by atoms with Crippen molar-refractivity contribution in [1.29, 1.82) is 0 Å². The van der Waals surface area contributed by atoms with Crippen LogP contribution in [0.5, 0.6) is 0 Å². The monoisotopic (exact) mass is 392 g/mol. The van der Waals surface area contributed by atoms with E-state index in [1.807, 2.05) is 0 Å². The van der Waals surface area contributed by atoms with Crippen LogP contribution in [0, 0.1) is 0 Å². The molecule has 1 unspecified atom stereocenters. The Morgan fingerprint density at radius 2 is 2.04 bits per heavy atom. The second kappa shape index (κ2) is 7.73. The molecule has 0 radical (unpaired) electrons. The molecule has 1 saturated heterocycles. The Bertz CT molecular complexity index is 755. The lowest BCUT2D eigenvalue weighted by Crippen LogP contribution is -2.47. The van der Waals surface area contributed by atoms with Crippen LogP contribution in [0.3, 0.4) is 0 Å². The summed E-state index contributed by atoms with van der Waals surface area (Å²) < 4.78 is 23.7. The number of nitrogens with two attached hydrogens (primary N) is 1. The first-order valence-electron chi connectivity index (χ1n) is 7.72. The number of nitrogens with one attached hydrogen (secondary N) is 1. The molecule has 11 heteroatoms. The fraction of sp³-hybridized carbons (Fsp3) is 0.571. The number of aromatic nitrogens is 1. The molecule has 140 valence electrons. The summed E-state index contributed by atoms with van der Waals surface area (Å²) in [5, 5.41) is 17.3. The normalized spacial score (nSPS) is 17.5. The molecule has 0 bridgehead atoms. The molecule has 0 saturated carbocycles. The van der Waals surface area contributed by atoms with E-state index in [-0.39, 0.29) is 23.5 Å². The van der Waals surface area contributed by atoms with Gasteiger partial charge in [-0.25, -0.2) is 13.9 Å². The topological polar surface area (TPSA) is 135 Å². The predicted octanol–water partition coefficient (Wildman–Crippen LogP) is 0.118. The first kappa shape index (κ1) is 19.7. The highest BCUT2D eigenvalue weighted by molar-refractivity contribution is 7.87. The van der Waals surface area contributed by atoms with E-state index in [1.165, 1.54) is 6.07 Å². The summed E-state index contributed by atoms with van der Waals surface area (Å²) in [6.07, 6.45) is 2.22. The van der Waals surface area contributed by atoms with Gasteiger partial charge in [0.05, 0.1) is 12.0 Å². The number of likely N-dealkylation sites (tertiary alicyclic amines) is 1. The van der Waals surface area contributed by atoms with E-state index in [2.05, 4.69) is 5.32 Å². The molecule has 2 rings (SSSR count). The zero-order valence-electron chi connectivity index (χ0n) is 13.7. The van der Waals surface area contributed by atoms with Crippen LogP contribution in [-0.4, -0.2) is 59.4 Å². The zero-order valence-corrected chi connectivity index (χ0v) is 15.3. The third kappa shape index (κ3) is 4.32. The van der Waals surface area contributed by atoms with Crippen LogP contribution in [0.4, 0.5) is 0 Å². The number of carbonyl (C=O) groups excluding carboxylic acids is 1. The lowest BCUT2D eigenvalue weighted by Gasteiger charge is -2.33. The van der Waals surface area contributed by atoms with E-state index >= 15 is 0 Å². The second-order valence-corrected chi connectivity index (χ2v) is 7.62. The molecular weight excluding hydrogens is 372 g/mol. The maximum absolute atomic E-state index is 12.3. The highest BCUT2D eigenvalue weighted by Crippen LogP contribution is 2.31. The third-order valence-electron chi connectivity index (χ3n) is 4.36. The number of hydrogen-bond donors (Lipinski definition) is 3. The van der Waals surface area contributed by atoms with Crippen molar-refractivity contribution >= 4 is 33.7 Å². The molecule has 4 N–H and O–H groups in total. The average molecular weight is 393 g/mol. The number of nitrogens with zero attached hydrogens (tertiary/aromatic N) is 2. The standard InChI is InChI=1S/C14H21ClN4O5S/c1-9(17-8-15)13(20)18-5-2-10(3-6-18)11-4-7-19(25(16,23)24)12(11)14(21)22/h4,7,9-10,17H,2-3,5-6,8H2,1H3,(H,21,22)(H2,16,23,24). The average Bonchev–Trinajstić information content (AvgIpc) is 3.00. The van der Waals surface area contributed by atoms with Gasteiger partial charge in [0.1, 0.15) is 5.69 Å². The molecule has 2 heterocycles. The van der Waals surface area contributed by atoms with Crippen LogP contribution < -0.4 is 10.5 Å². The summed E-state index contributed by atoms with van der Waals surface area (Å²) in [6.45, 7) is 2.64. The van der Waals surface area contributed by atoms with Crippen molar-refractivity contribution in [3.05, 3.63) is 23.5 Å². The first-order chi connectivity index (χ1) is 11.7. The molecule has 1 amide bonds. The maximum atomic E-state index is 12.3. The number of alkyl halides is 1. The van der Waals surface area contributed by atoms with Crippen LogP contribution >= 0.6 is 11.6 Å². The van der Waals surface area contributed by atoms with Gasteiger partial charge in [-0.1, -0.05) is 0 Å². The Labute approximate surface area is 150 Å². The summed E-state index contributed by atoms with van der Waals surface area (Å²) in [7, 11) is -4.19. The molecule has 0 spiro atoms. The summed E-state index contributed by atoms with van der Waals surface area (Å²) >= 11 is 5.57. The fourth-order valence-corrected chi connectivity index (χ4v) is 3.98. The SMILES string of the molecule is CC(NCCl)C(=O)N1CCC(c2ccn(S(N)(=O)=O)c2C(=O)O)CC1. The van der Waals surface area contributed by atoms with Crippen LogP contribution in [0.15, 0.2) is 12.3 Å². The lowest BCUT2D eigenvalue weighted by molar-refractivity contribution is -0.134. The van der Waals surface area contributed by atoms with E-state index in [0.29, 0.717) is 35.5 Å². The van der Waals surface area contributed by atoms with Crippen LogP contribution in [0.1, 0.15) is 41.7 Å². The van der Waals surface area contributed by atoms with Gasteiger partial charge < -0.3 is 10.0 Å². The van der Waals surface area contributed by atoms with Gasteiger partial charge in [0.25, 0.3) is 0 Å². The minimum atomic E-state index is -4.19. The van der Waals surface area contributed by atoms with E-state index < -0.39 is 22.2 Å². The van der Waals surface area contributed by atoms with Crippen molar-refractivity contribution in [1.82, 2.24) is 14.2 Å². The Morgan fingerprint density at radius 3 is 2.52 bits per heavy atom. The van der Waals surface area contributed by atoms with Gasteiger partial charge in [-0.05, 0) is 37.3 Å². The van der Waals surface area contributed by atoms with Crippen LogP contribution in [-0.2, 0) is 15.0 Å². The number of carbonyl (C=O) groups is 2. The molecule has 1 fully saturated rings. The summed E-state index contributed by atoms with van der Waals surface area (Å²) in [6, 6.07) is 1.24. The number of rotatable bonds is 6. The van der Waals surface area contributed by atoms with Crippen molar-refractivity contribution < 1.29 is 23.1 Å². The summed E-state index contributed by atoms with van der Waals surface area (Å²) in [5.41, 5.74) is 0.0741. The highest BCUT2D eigenvalue weighted by Gasteiger charge is 2.31. The van der Waals surface area contributed by atoms with Gasteiger partial charge in [0.15, 0.2) is 0 Å². The Morgan fingerprint density at radius 1 is 1.44 bits per heavy atom. The third-order valence-corrected chi connectivity index (χ3v) is 5.37. The lowest BCUT2D eigenvalue weighted by atomic mass is 9.89. The van der Waals surface area contributed by atoms with Crippen LogP contribution in [0.2, 0.25) is 0 Å². The Kier molecular flexibility index (Phi) is 6.09. The van der Waals surface area contributed by atoms with Crippen molar-refractivity contribution in [2.24, 2.45) is 5.14 Å². The molecule has 1 atom stereocenters. The van der Waals surface area contributed by atoms with Gasteiger partial charge in [0, 0.05) is 19.3 Å². The fourth-order valence-electron chi connectivity index (χ4n) is 3.08. The summed E-state index contributed by atoms with van der Waals surface area (Å²) in [5.74, 6) is -1.58. The van der Waals surface area contributed by atoms with E-state index in [1.54, 1.807) is 11.8 Å². The molecule has 25 heavy (non-hydrogen) atoms. The Balaban J connectivity index is 2.15. The van der Waals surface area contributed by atoms with Crippen molar-refractivity contribution in [2.45, 2.75) is 31.7 Å². The Hall–Kier alpha value is -1.62. The first-order valence-corrected chi connectivity index (χ1v) is 9.76. The van der Waals surface area contributed by atoms with E-state index in [4.69, 9.17) is 16.7 Å². The number of carboxylic acids is 1. The van der Waals surface area contributed by atoms with Gasteiger partial charge in [0.2, 0.25) is 5.91 Å². The summed E-state index contributed by atoms with van der Waals surface area (Å²) in [4.78, 5) is 25.4. The smallest absolute Gasteiger partial charge is 0.353 e. The van der Waals surface area contributed by atoms with Crippen molar-refractivity contribution in [3.63, 3.8) is 0 Å². The van der Waals surface area contributed by atoms with Gasteiger partial charge in [-0.15, -0.1) is 11.6 Å². The molecule has 1 aromatic rings. The molecule has 0 aliphatic carbocycles. The molecule has 9 nitrogen and oxygen atoms in total. The van der Waals surface area contributed by atoms with Crippen molar-refractivity contribution in [3.8, 4) is 0 Å². The number of amides is 1. The number of aromatic carboxylic acids is 1. The molecule has 1 aliphatic heterocycles. The predicted molar refractivity (Wildman–Crippen MR) is 91.8 cm³/mol. The maximum Gasteiger partial charge on any atom is 0.353 e. The van der Waals surface area contributed by atoms with Crippen molar-refractivity contribution in [2.75, 3.05) is 19.1 Å². The van der Waals surface area contributed by atoms with E-state index in [9.17, 15) is 23.1 Å². The molecule has 1 aromatic heterocycles. The molecule has 0 aromatic carbocycles. The number of hydrogen-bond acceptors (Lipinski definition) is 5. The van der Waals surface area contributed by atoms with Crippen LogP contribution in [0.25, 0.3) is 0 Å². The van der Waals surface area contributed by atoms with Gasteiger partial charge >= 0.3 is 16.2 Å². The largest absolute Gasteiger partial charge is 0.477 e. The molecule has 1 aliphatic rings. The van der Waals surface area contributed by atoms with Gasteiger partial charge in [-0.3, -0.25) is 10.1 Å². The number of carboxylic acid groups (broad SMARTS) is 1. The minimum Gasteiger partial charge on any atom is -0.477 e. The second-order valence-electron chi connectivity index (χ2n) is 5.92.